The molecule has 0 bridgehead atoms. The monoisotopic (exact) mass is 351 g/mol. The molecule has 0 unspecified atom stereocenters. The van der Waals surface area contributed by atoms with Crippen LogP contribution < -0.4 is 10.2 Å². The molecular formula is C17H26BrN3. The molecule has 0 saturated heterocycles. The number of hydrogen-bond acceptors (Lipinski definition) is 3. The van der Waals surface area contributed by atoms with Crippen LogP contribution in [0, 0.1) is 11.8 Å². The van der Waals surface area contributed by atoms with E-state index in [4.69, 9.17) is 4.98 Å². The molecule has 0 atom stereocenters. The Kier molecular flexibility index (Phi) is 4.85. The second kappa shape index (κ2) is 6.66. The number of hydrogen-bond donors (Lipinski definition) is 1. The van der Waals surface area contributed by atoms with Gasteiger partial charge < -0.3 is 10.2 Å². The smallest absolute Gasteiger partial charge is 0.133 e. The Morgan fingerprint density at radius 1 is 1.24 bits per heavy atom. The zero-order valence-electron chi connectivity index (χ0n) is 13.1. The third-order valence-electron chi connectivity index (χ3n) is 4.26. The minimum absolute atomic E-state index is 0.497. The average molecular weight is 352 g/mol. The van der Waals surface area contributed by atoms with Gasteiger partial charge in [-0.25, -0.2) is 4.98 Å². The summed E-state index contributed by atoms with van der Waals surface area (Å²) in [5, 5.41) is 3.53. The Hall–Kier alpha value is -0.610. The molecule has 2 fully saturated rings. The molecule has 1 N–H and O–H groups in total. The summed E-state index contributed by atoms with van der Waals surface area (Å²) in [4.78, 5) is 7.31. The fraction of sp³-hybridized carbons (Fsp3) is 0.706. The highest BCUT2D eigenvalue weighted by molar-refractivity contribution is 9.10. The zero-order chi connectivity index (χ0) is 14.8. The lowest BCUT2D eigenvalue weighted by Gasteiger charge is -2.26. The predicted molar refractivity (Wildman–Crippen MR) is 91.6 cm³/mol. The Balaban J connectivity index is 1.78. The number of aromatic nitrogens is 1. The molecule has 1 heterocycles. The van der Waals surface area contributed by atoms with Crippen molar-refractivity contribution in [2.24, 2.45) is 11.8 Å². The van der Waals surface area contributed by atoms with Crippen molar-refractivity contribution in [2.45, 2.75) is 52.1 Å². The average Bonchev–Trinajstić information content (AvgIpc) is 3.31. The first-order chi connectivity index (χ1) is 10.1. The first kappa shape index (κ1) is 15.3. The SMILES string of the molecule is CC(C)NCc1cc(Br)cnc1N(CC1CC1)CC1CC1. The van der Waals surface area contributed by atoms with E-state index in [2.05, 4.69) is 46.1 Å². The van der Waals surface area contributed by atoms with Crippen LogP contribution in [0.25, 0.3) is 0 Å². The zero-order valence-corrected chi connectivity index (χ0v) is 14.7. The molecule has 21 heavy (non-hydrogen) atoms. The summed E-state index contributed by atoms with van der Waals surface area (Å²) in [5.74, 6) is 3.00. The van der Waals surface area contributed by atoms with Gasteiger partial charge in [0.25, 0.3) is 0 Å². The Bertz CT molecular complexity index is 467. The highest BCUT2D eigenvalue weighted by atomic mass is 79.9. The van der Waals surface area contributed by atoms with E-state index in [0.717, 1.165) is 22.9 Å². The molecular weight excluding hydrogens is 326 g/mol. The van der Waals surface area contributed by atoms with Crippen LogP contribution in [0.15, 0.2) is 16.7 Å². The number of rotatable bonds is 8. The van der Waals surface area contributed by atoms with Crippen LogP contribution in [-0.2, 0) is 6.54 Å². The highest BCUT2D eigenvalue weighted by Crippen LogP contribution is 2.36. The summed E-state index contributed by atoms with van der Waals surface area (Å²) in [6.07, 6.45) is 7.55. The molecule has 3 rings (SSSR count). The lowest BCUT2D eigenvalue weighted by atomic mass is 10.2. The Labute approximate surface area is 136 Å². The van der Waals surface area contributed by atoms with Gasteiger partial charge in [0.1, 0.15) is 5.82 Å². The Morgan fingerprint density at radius 3 is 2.38 bits per heavy atom. The summed E-state index contributed by atoms with van der Waals surface area (Å²) in [6, 6.07) is 2.72. The molecule has 2 aliphatic rings. The topological polar surface area (TPSA) is 28.2 Å². The minimum atomic E-state index is 0.497. The van der Waals surface area contributed by atoms with E-state index in [0.29, 0.717) is 6.04 Å². The van der Waals surface area contributed by atoms with Crippen molar-refractivity contribution in [1.82, 2.24) is 10.3 Å². The number of halogens is 1. The number of nitrogens with one attached hydrogen (secondary N) is 1. The van der Waals surface area contributed by atoms with Gasteiger partial charge in [-0.15, -0.1) is 0 Å². The lowest BCUT2D eigenvalue weighted by Crippen LogP contribution is -2.31. The van der Waals surface area contributed by atoms with E-state index < -0.39 is 0 Å². The summed E-state index contributed by atoms with van der Waals surface area (Å²) in [6.45, 7) is 7.67. The van der Waals surface area contributed by atoms with Crippen LogP contribution in [0.4, 0.5) is 5.82 Å². The molecule has 1 aromatic rings. The maximum Gasteiger partial charge on any atom is 0.133 e. The number of anilines is 1. The van der Waals surface area contributed by atoms with Crippen LogP contribution in [0.2, 0.25) is 0 Å². The molecule has 2 aliphatic carbocycles. The molecule has 0 aromatic carbocycles. The van der Waals surface area contributed by atoms with E-state index >= 15 is 0 Å². The van der Waals surface area contributed by atoms with Crippen LogP contribution in [0.1, 0.15) is 45.1 Å². The molecule has 0 spiro atoms. The third-order valence-corrected chi connectivity index (χ3v) is 4.69. The van der Waals surface area contributed by atoms with E-state index in [1.54, 1.807) is 0 Å². The fourth-order valence-corrected chi connectivity index (χ4v) is 3.05. The molecule has 4 heteroatoms. The van der Waals surface area contributed by atoms with Gasteiger partial charge in [-0.1, -0.05) is 13.8 Å². The van der Waals surface area contributed by atoms with Crippen molar-refractivity contribution in [3.63, 3.8) is 0 Å². The first-order valence-electron chi connectivity index (χ1n) is 8.24. The van der Waals surface area contributed by atoms with Crippen molar-refractivity contribution in [2.75, 3.05) is 18.0 Å². The van der Waals surface area contributed by atoms with Crippen LogP contribution in [-0.4, -0.2) is 24.1 Å². The van der Waals surface area contributed by atoms with Gasteiger partial charge in [-0.2, -0.15) is 0 Å². The first-order valence-corrected chi connectivity index (χ1v) is 9.04. The van der Waals surface area contributed by atoms with Crippen molar-refractivity contribution in [3.05, 3.63) is 22.3 Å². The third kappa shape index (κ3) is 4.68. The van der Waals surface area contributed by atoms with Gasteiger partial charge in [0.05, 0.1) is 0 Å². The molecule has 0 radical (unpaired) electrons. The number of nitrogens with zero attached hydrogens (tertiary/aromatic N) is 2. The van der Waals surface area contributed by atoms with Crippen molar-refractivity contribution >= 4 is 21.7 Å². The second-order valence-electron chi connectivity index (χ2n) is 6.96. The van der Waals surface area contributed by atoms with Gasteiger partial charge in [-0.05, 0) is 59.5 Å². The second-order valence-corrected chi connectivity index (χ2v) is 7.88. The van der Waals surface area contributed by atoms with Crippen molar-refractivity contribution in [1.29, 1.82) is 0 Å². The van der Waals surface area contributed by atoms with Crippen LogP contribution in [0.3, 0.4) is 0 Å². The molecule has 1 aromatic heterocycles. The lowest BCUT2D eigenvalue weighted by molar-refractivity contribution is 0.583. The van der Waals surface area contributed by atoms with Gasteiger partial charge in [0, 0.05) is 41.9 Å². The van der Waals surface area contributed by atoms with Crippen LogP contribution >= 0.6 is 15.9 Å². The standard InChI is InChI=1S/C17H26BrN3/c1-12(2)19-8-15-7-16(18)9-20-17(15)21(10-13-3-4-13)11-14-5-6-14/h7,9,12-14,19H,3-6,8,10-11H2,1-2H3. The minimum Gasteiger partial charge on any atom is -0.356 e. The van der Waals surface area contributed by atoms with Crippen molar-refractivity contribution < 1.29 is 0 Å². The quantitative estimate of drug-likeness (QED) is 0.767. The maximum atomic E-state index is 4.76. The molecule has 0 aliphatic heterocycles. The van der Waals surface area contributed by atoms with Gasteiger partial charge in [0.15, 0.2) is 0 Å². The fourth-order valence-electron chi connectivity index (χ4n) is 2.67. The molecule has 116 valence electrons. The van der Waals surface area contributed by atoms with E-state index in [1.807, 2.05) is 6.20 Å². The molecule has 2 saturated carbocycles. The summed E-state index contributed by atoms with van der Waals surface area (Å²) >= 11 is 3.57. The van der Waals surface area contributed by atoms with Crippen molar-refractivity contribution in [3.8, 4) is 0 Å². The predicted octanol–water partition coefficient (Wildman–Crippen LogP) is 3.97. The summed E-state index contributed by atoms with van der Waals surface area (Å²) in [5.41, 5.74) is 1.32. The van der Waals surface area contributed by atoms with Gasteiger partial charge in [0.2, 0.25) is 0 Å². The van der Waals surface area contributed by atoms with E-state index in [9.17, 15) is 0 Å². The normalized spacial score (nSPS) is 18.3. The van der Waals surface area contributed by atoms with E-state index in [-0.39, 0.29) is 0 Å². The molecule has 0 amide bonds. The summed E-state index contributed by atoms with van der Waals surface area (Å²) in [7, 11) is 0. The Morgan fingerprint density at radius 2 is 1.86 bits per heavy atom. The van der Waals surface area contributed by atoms with Gasteiger partial charge >= 0.3 is 0 Å². The van der Waals surface area contributed by atoms with Gasteiger partial charge in [-0.3, -0.25) is 0 Å². The highest BCUT2D eigenvalue weighted by Gasteiger charge is 2.30. The van der Waals surface area contributed by atoms with E-state index in [1.165, 1.54) is 50.2 Å². The summed E-state index contributed by atoms with van der Waals surface area (Å²) < 4.78 is 1.07. The molecule has 3 nitrogen and oxygen atoms in total. The van der Waals surface area contributed by atoms with Crippen LogP contribution in [0.5, 0.6) is 0 Å². The number of pyridine rings is 1. The maximum absolute atomic E-state index is 4.76. The largest absolute Gasteiger partial charge is 0.356 e.